The number of aromatic nitrogens is 1. The molecule has 0 radical (unpaired) electrons. The van der Waals surface area contributed by atoms with Gasteiger partial charge in [0.1, 0.15) is 5.69 Å². The Morgan fingerprint density at radius 1 is 1.07 bits per heavy atom. The molecule has 162 valence electrons. The van der Waals surface area contributed by atoms with E-state index in [0.29, 0.717) is 28.4 Å². The van der Waals surface area contributed by atoms with Crippen molar-refractivity contribution in [2.75, 3.05) is 45.7 Å². The Balaban J connectivity index is 1.34. The maximum Gasteiger partial charge on any atom is 0.273 e. The standard InChI is InChI=1S/C22H30N4O3S/c1-28-19-9-8-16(14-20(19)29-2)23-22-24-18(15-30-22)21(27)26-12-10-25(11-13-26)17-6-4-3-5-7-17/h8-9,14-15,17H,3-7,10-13H2,1-2H3,(H,23,24). The van der Waals surface area contributed by atoms with Gasteiger partial charge in [-0.05, 0) is 25.0 Å². The number of benzene rings is 1. The third-order valence-corrected chi connectivity index (χ3v) is 6.81. The van der Waals surface area contributed by atoms with Gasteiger partial charge in [-0.25, -0.2) is 4.98 Å². The highest BCUT2D eigenvalue weighted by molar-refractivity contribution is 7.14. The van der Waals surface area contributed by atoms with Crippen LogP contribution >= 0.6 is 11.3 Å². The van der Waals surface area contributed by atoms with Crippen molar-refractivity contribution in [1.82, 2.24) is 14.8 Å². The number of carbonyl (C=O) groups is 1. The maximum absolute atomic E-state index is 12.9. The van der Waals surface area contributed by atoms with Crippen molar-refractivity contribution in [3.8, 4) is 11.5 Å². The number of piperazine rings is 1. The number of methoxy groups -OCH3 is 2. The van der Waals surface area contributed by atoms with Crippen molar-refractivity contribution in [3.63, 3.8) is 0 Å². The quantitative estimate of drug-likeness (QED) is 0.747. The number of amides is 1. The molecular weight excluding hydrogens is 400 g/mol. The molecule has 8 heteroatoms. The number of carbonyl (C=O) groups excluding carboxylic acids is 1. The molecule has 1 saturated carbocycles. The zero-order valence-corrected chi connectivity index (χ0v) is 18.5. The Morgan fingerprint density at radius 2 is 1.80 bits per heavy atom. The van der Waals surface area contributed by atoms with Gasteiger partial charge in [0.05, 0.1) is 14.2 Å². The Morgan fingerprint density at radius 3 is 2.50 bits per heavy atom. The highest BCUT2D eigenvalue weighted by atomic mass is 32.1. The van der Waals surface area contributed by atoms with Gasteiger partial charge in [0, 0.05) is 49.4 Å². The molecule has 0 bridgehead atoms. The molecule has 0 spiro atoms. The first-order valence-electron chi connectivity index (χ1n) is 10.7. The molecule has 0 unspecified atom stereocenters. The Kier molecular flexibility index (Phi) is 6.74. The van der Waals surface area contributed by atoms with Crippen molar-refractivity contribution in [3.05, 3.63) is 29.3 Å². The molecule has 2 fully saturated rings. The molecule has 1 amide bonds. The first kappa shape index (κ1) is 20.9. The number of nitrogens with one attached hydrogen (secondary N) is 1. The van der Waals surface area contributed by atoms with E-state index in [1.54, 1.807) is 14.2 Å². The largest absolute Gasteiger partial charge is 0.493 e. The SMILES string of the molecule is COc1ccc(Nc2nc(C(=O)N3CCN(C4CCCCC4)CC3)cs2)cc1OC. The number of rotatable bonds is 6. The van der Waals surface area contributed by atoms with Gasteiger partial charge in [0.15, 0.2) is 16.6 Å². The second-order valence-corrected chi connectivity index (χ2v) is 8.71. The van der Waals surface area contributed by atoms with Crippen molar-refractivity contribution in [2.24, 2.45) is 0 Å². The van der Waals surface area contributed by atoms with Crippen LogP contribution in [0.25, 0.3) is 0 Å². The molecule has 1 saturated heterocycles. The predicted molar refractivity (Wildman–Crippen MR) is 119 cm³/mol. The molecule has 1 aromatic carbocycles. The van der Waals surface area contributed by atoms with Gasteiger partial charge in [-0.2, -0.15) is 0 Å². The molecule has 1 aliphatic heterocycles. The van der Waals surface area contributed by atoms with Crippen LogP contribution in [0.2, 0.25) is 0 Å². The first-order valence-corrected chi connectivity index (χ1v) is 11.5. The number of hydrogen-bond donors (Lipinski definition) is 1. The minimum atomic E-state index is 0.0231. The van der Waals surface area contributed by atoms with Crippen LogP contribution < -0.4 is 14.8 Å². The lowest BCUT2D eigenvalue weighted by atomic mass is 9.94. The van der Waals surface area contributed by atoms with Crippen LogP contribution in [0.1, 0.15) is 42.6 Å². The molecular formula is C22H30N4O3S. The molecule has 7 nitrogen and oxygen atoms in total. The topological polar surface area (TPSA) is 66.9 Å². The van der Waals surface area contributed by atoms with Crippen LogP contribution in [-0.4, -0.2) is 67.1 Å². The Bertz CT molecular complexity index is 858. The van der Waals surface area contributed by atoms with Gasteiger partial charge < -0.3 is 19.7 Å². The van der Waals surface area contributed by atoms with Gasteiger partial charge in [-0.1, -0.05) is 19.3 Å². The van der Waals surface area contributed by atoms with Crippen molar-refractivity contribution in [1.29, 1.82) is 0 Å². The third kappa shape index (κ3) is 4.70. The number of nitrogens with zero attached hydrogens (tertiary/aromatic N) is 3. The van der Waals surface area contributed by atoms with Crippen LogP contribution in [0.3, 0.4) is 0 Å². The van der Waals surface area contributed by atoms with E-state index in [-0.39, 0.29) is 5.91 Å². The molecule has 1 N–H and O–H groups in total. The maximum atomic E-state index is 12.9. The molecule has 0 atom stereocenters. The van der Waals surface area contributed by atoms with Gasteiger partial charge >= 0.3 is 0 Å². The van der Waals surface area contributed by atoms with E-state index in [1.807, 2.05) is 28.5 Å². The summed E-state index contributed by atoms with van der Waals surface area (Å²) in [6, 6.07) is 6.31. The summed E-state index contributed by atoms with van der Waals surface area (Å²) in [5, 5.41) is 5.77. The van der Waals surface area contributed by atoms with E-state index < -0.39 is 0 Å². The second-order valence-electron chi connectivity index (χ2n) is 7.85. The lowest BCUT2D eigenvalue weighted by molar-refractivity contribution is 0.0519. The minimum Gasteiger partial charge on any atom is -0.493 e. The van der Waals surface area contributed by atoms with Crippen molar-refractivity contribution < 1.29 is 14.3 Å². The van der Waals surface area contributed by atoms with E-state index in [4.69, 9.17) is 9.47 Å². The average Bonchev–Trinajstić information content (AvgIpc) is 3.27. The van der Waals surface area contributed by atoms with Crippen LogP contribution in [-0.2, 0) is 0 Å². The molecule has 1 aliphatic carbocycles. The second kappa shape index (κ2) is 9.66. The fraction of sp³-hybridized carbons (Fsp3) is 0.545. The van der Waals surface area contributed by atoms with Gasteiger partial charge in [-0.3, -0.25) is 9.69 Å². The number of thiazole rings is 1. The molecule has 2 aromatic rings. The highest BCUT2D eigenvalue weighted by Gasteiger charge is 2.28. The van der Waals surface area contributed by atoms with Crippen LogP contribution in [0.4, 0.5) is 10.8 Å². The fourth-order valence-corrected chi connectivity index (χ4v) is 5.07. The van der Waals surface area contributed by atoms with Crippen molar-refractivity contribution >= 4 is 28.1 Å². The summed E-state index contributed by atoms with van der Waals surface area (Å²) in [6.07, 6.45) is 6.69. The molecule has 2 aliphatic rings. The number of anilines is 2. The Hall–Kier alpha value is -2.32. The van der Waals surface area contributed by atoms with Crippen LogP contribution in [0.15, 0.2) is 23.6 Å². The summed E-state index contributed by atoms with van der Waals surface area (Å²) < 4.78 is 10.6. The van der Waals surface area contributed by atoms with Gasteiger partial charge in [0.25, 0.3) is 5.91 Å². The van der Waals surface area contributed by atoms with Crippen LogP contribution in [0, 0.1) is 0 Å². The van der Waals surface area contributed by atoms with E-state index in [2.05, 4.69) is 15.2 Å². The summed E-state index contributed by atoms with van der Waals surface area (Å²) in [5.41, 5.74) is 1.34. The number of hydrogen-bond acceptors (Lipinski definition) is 7. The zero-order chi connectivity index (χ0) is 20.9. The predicted octanol–water partition coefficient (Wildman–Crippen LogP) is 3.99. The van der Waals surface area contributed by atoms with Gasteiger partial charge in [0.2, 0.25) is 0 Å². The summed E-state index contributed by atoms with van der Waals surface area (Å²) in [5.74, 6) is 1.34. The summed E-state index contributed by atoms with van der Waals surface area (Å²) in [4.78, 5) is 22.0. The van der Waals surface area contributed by atoms with Crippen molar-refractivity contribution in [2.45, 2.75) is 38.1 Å². The molecule has 4 rings (SSSR count). The van der Waals surface area contributed by atoms with E-state index in [1.165, 1.54) is 43.4 Å². The third-order valence-electron chi connectivity index (χ3n) is 6.05. The first-order chi connectivity index (χ1) is 14.7. The zero-order valence-electron chi connectivity index (χ0n) is 17.7. The monoisotopic (exact) mass is 430 g/mol. The Labute approximate surface area is 182 Å². The summed E-state index contributed by atoms with van der Waals surface area (Å²) in [6.45, 7) is 3.51. The van der Waals surface area contributed by atoms with Crippen LogP contribution in [0.5, 0.6) is 11.5 Å². The van der Waals surface area contributed by atoms with E-state index >= 15 is 0 Å². The number of ether oxygens (including phenoxy) is 2. The minimum absolute atomic E-state index is 0.0231. The summed E-state index contributed by atoms with van der Waals surface area (Å²) in [7, 11) is 3.22. The summed E-state index contributed by atoms with van der Waals surface area (Å²) >= 11 is 1.43. The average molecular weight is 431 g/mol. The lowest BCUT2D eigenvalue weighted by Gasteiger charge is -2.40. The smallest absolute Gasteiger partial charge is 0.273 e. The molecule has 1 aromatic heterocycles. The van der Waals surface area contributed by atoms with Gasteiger partial charge in [-0.15, -0.1) is 11.3 Å². The van der Waals surface area contributed by atoms with E-state index in [0.717, 1.165) is 31.9 Å². The molecule has 2 heterocycles. The normalized spacial score (nSPS) is 18.3. The highest BCUT2D eigenvalue weighted by Crippen LogP contribution is 2.32. The fourth-order valence-electron chi connectivity index (χ4n) is 4.37. The molecule has 30 heavy (non-hydrogen) atoms. The lowest BCUT2D eigenvalue weighted by Crippen LogP contribution is -2.52. The van der Waals surface area contributed by atoms with E-state index in [9.17, 15) is 4.79 Å².